The van der Waals surface area contributed by atoms with E-state index in [4.69, 9.17) is 16.3 Å². The largest absolute Gasteiger partial charge is 0.480 e. The highest BCUT2D eigenvalue weighted by Gasteiger charge is 2.17. The number of rotatable bonds is 6. The Morgan fingerprint density at radius 1 is 1.25 bits per heavy atom. The maximum Gasteiger partial charge on any atom is 0.237 e. The molecule has 0 aliphatic carbocycles. The number of benzene rings is 1. The van der Waals surface area contributed by atoms with Gasteiger partial charge in [0.2, 0.25) is 5.88 Å². The van der Waals surface area contributed by atoms with E-state index in [1.807, 2.05) is 31.3 Å². The van der Waals surface area contributed by atoms with Gasteiger partial charge in [-0.15, -0.1) is 11.8 Å². The van der Waals surface area contributed by atoms with E-state index in [2.05, 4.69) is 15.3 Å². The summed E-state index contributed by atoms with van der Waals surface area (Å²) in [6, 6.07) is 7.86. The summed E-state index contributed by atoms with van der Waals surface area (Å²) in [5.74, 6) is 1.39. The van der Waals surface area contributed by atoms with Gasteiger partial charge in [0.05, 0.1) is 13.2 Å². The normalized spacial score (nSPS) is 12.2. The van der Waals surface area contributed by atoms with Crippen molar-refractivity contribution in [1.82, 2.24) is 15.3 Å². The van der Waals surface area contributed by atoms with Gasteiger partial charge in [0.25, 0.3) is 0 Å². The smallest absolute Gasteiger partial charge is 0.237 e. The minimum absolute atomic E-state index is 0.0688. The lowest BCUT2D eigenvalue weighted by Crippen LogP contribution is -2.21. The lowest BCUT2D eigenvalue weighted by Gasteiger charge is -2.16. The molecule has 6 heteroatoms. The van der Waals surface area contributed by atoms with Crippen molar-refractivity contribution in [1.29, 1.82) is 0 Å². The fourth-order valence-corrected chi connectivity index (χ4v) is 2.88. The topological polar surface area (TPSA) is 47.0 Å². The van der Waals surface area contributed by atoms with Gasteiger partial charge in [-0.25, -0.2) is 4.98 Å². The first-order chi connectivity index (χ1) is 9.74. The fourth-order valence-electron chi connectivity index (χ4n) is 1.74. The van der Waals surface area contributed by atoms with Gasteiger partial charge in [-0.1, -0.05) is 11.6 Å². The summed E-state index contributed by atoms with van der Waals surface area (Å²) in [6.07, 6.45) is 3.30. The Morgan fingerprint density at radius 3 is 2.60 bits per heavy atom. The summed E-state index contributed by atoms with van der Waals surface area (Å²) in [6.45, 7) is 0. The maximum absolute atomic E-state index is 5.88. The third-order valence-corrected chi connectivity index (χ3v) is 4.15. The zero-order valence-corrected chi connectivity index (χ0v) is 12.9. The van der Waals surface area contributed by atoms with Gasteiger partial charge < -0.3 is 10.1 Å². The highest BCUT2D eigenvalue weighted by atomic mass is 35.5. The molecule has 2 aromatic rings. The molecule has 1 aromatic carbocycles. The average Bonchev–Trinajstić information content (AvgIpc) is 2.50. The molecular weight excluding hydrogens is 294 g/mol. The van der Waals surface area contributed by atoms with Crippen LogP contribution in [-0.4, -0.2) is 29.9 Å². The molecule has 2 rings (SSSR count). The van der Waals surface area contributed by atoms with Crippen molar-refractivity contribution in [3.63, 3.8) is 0 Å². The molecule has 0 aliphatic heterocycles. The molecule has 0 fully saturated rings. The molecule has 106 valence electrons. The number of nitrogens with zero attached hydrogens (tertiary/aromatic N) is 2. The minimum atomic E-state index is 0.0688. The van der Waals surface area contributed by atoms with Crippen molar-refractivity contribution in [2.24, 2.45) is 0 Å². The Hall–Kier alpha value is -1.30. The van der Waals surface area contributed by atoms with E-state index in [0.29, 0.717) is 5.88 Å². The molecule has 0 bridgehead atoms. The second-order valence-corrected chi connectivity index (χ2v) is 5.59. The Morgan fingerprint density at radius 2 is 1.95 bits per heavy atom. The third kappa shape index (κ3) is 3.85. The van der Waals surface area contributed by atoms with Crippen LogP contribution in [0.3, 0.4) is 0 Å². The zero-order valence-electron chi connectivity index (χ0n) is 11.3. The molecule has 0 aliphatic rings. The molecule has 0 radical (unpaired) electrons. The van der Waals surface area contributed by atoms with Crippen LogP contribution >= 0.6 is 23.4 Å². The van der Waals surface area contributed by atoms with Crippen LogP contribution < -0.4 is 10.1 Å². The average molecular weight is 310 g/mol. The van der Waals surface area contributed by atoms with Crippen molar-refractivity contribution >= 4 is 23.4 Å². The van der Waals surface area contributed by atoms with Crippen LogP contribution in [0.4, 0.5) is 0 Å². The van der Waals surface area contributed by atoms with Crippen LogP contribution in [0.25, 0.3) is 0 Å². The molecule has 20 heavy (non-hydrogen) atoms. The predicted molar refractivity (Wildman–Crippen MR) is 82.6 cm³/mol. The van der Waals surface area contributed by atoms with E-state index in [1.165, 1.54) is 0 Å². The van der Waals surface area contributed by atoms with Crippen LogP contribution in [0.1, 0.15) is 11.7 Å². The highest BCUT2D eigenvalue weighted by molar-refractivity contribution is 7.99. The number of thioether (sulfide) groups is 1. The van der Waals surface area contributed by atoms with Crippen LogP contribution in [0, 0.1) is 0 Å². The number of hydrogen-bond acceptors (Lipinski definition) is 5. The number of halogens is 1. The first-order valence-electron chi connectivity index (χ1n) is 6.15. The number of nitrogens with one attached hydrogen (secondary N) is 1. The molecular formula is C14H16ClN3OS. The highest BCUT2D eigenvalue weighted by Crippen LogP contribution is 2.27. The van der Waals surface area contributed by atoms with Gasteiger partial charge >= 0.3 is 0 Å². The maximum atomic E-state index is 5.88. The molecule has 0 amide bonds. The van der Waals surface area contributed by atoms with Crippen LogP contribution in [0.5, 0.6) is 5.88 Å². The van der Waals surface area contributed by atoms with Crippen LogP contribution in [0.2, 0.25) is 5.02 Å². The minimum Gasteiger partial charge on any atom is -0.480 e. The van der Waals surface area contributed by atoms with E-state index in [-0.39, 0.29) is 6.04 Å². The number of hydrogen-bond donors (Lipinski definition) is 1. The number of ether oxygens (including phenoxy) is 1. The number of methoxy groups -OCH3 is 1. The quantitative estimate of drug-likeness (QED) is 0.830. The molecule has 1 aromatic heterocycles. The predicted octanol–water partition coefficient (Wildman–Crippen LogP) is 3.19. The lowest BCUT2D eigenvalue weighted by molar-refractivity contribution is 0.383. The first-order valence-corrected chi connectivity index (χ1v) is 7.51. The van der Waals surface area contributed by atoms with Crippen LogP contribution in [0.15, 0.2) is 41.6 Å². The Kier molecular flexibility index (Phi) is 5.64. The van der Waals surface area contributed by atoms with Gasteiger partial charge in [0.1, 0.15) is 5.69 Å². The van der Waals surface area contributed by atoms with E-state index >= 15 is 0 Å². The van der Waals surface area contributed by atoms with E-state index in [9.17, 15) is 0 Å². The van der Waals surface area contributed by atoms with Crippen molar-refractivity contribution in [3.8, 4) is 5.88 Å². The second kappa shape index (κ2) is 7.47. The summed E-state index contributed by atoms with van der Waals surface area (Å²) < 4.78 is 5.26. The van der Waals surface area contributed by atoms with Gasteiger partial charge in [-0.05, 0) is 31.3 Å². The molecule has 0 saturated heterocycles. The summed E-state index contributed by atoms with van der Waals surface area (Å²) in [5.41, 5.74) is 0.818. The van der Waals surface area contributed by atoms with Crippen LogP contribution in [-0.2, 0) is 0 Å². The molecule has 1 N–H and O–H groups in total. The molecule has 1 atom stereocenters. The van der Waals surface area contributed by atoms with E-state index < -0.39 is 0 Å². The Labute approximate surface area is 127 Å². The van der Waals surface area contributed by atoms with Gasteiger partial charge in [-0.2, -0.15) is 0 Å². The van der Waals surface area contributed by atoms with Crippen molar-refractivity contribution in [3.05, 3.63) is 47.4 Å². The summed E-state index contributed by atoms with van der Waals surface area (Å²) in [4.78, 5) is 9.71. The molecule has 0 spiro atoms. The summed E-state index contributed by atoms with van der Waals surface area (Å²) in [7, 11) is 3.51. The summed E-state index contributed by atoms with van der Waals surface area (Å²) >= 11 is 7.61. The molecule has 4 nitrogen and oxygen atoms in total. The van der Waals surface area contributed by atoms with Gasteiger partial charge in [0, 0.05) is 28.1 Å². The van der Waals surface area contributed by atoms with Crippen molar-refractivity contribution in [2.45, 2.75) is 10.9 Å². The fraction of sp³-hybridized carbons (Fsp3) is 0.286. The van der Waals surface area contributed by atoms with Crippen molar-refractivity contribution < 1.29 is 4.74 Å². The second-order valence-electron chi connectivity index (χ2n) is 4.06. The van der Waals surface area contributed by atoms with Crippen molar-refractivity contribution in [2.75, 3.05) is 19.9 Å². The molecule has 0 saturated carbocycles. The zero-order chi connectivity index (χ0) is 14.4. The molecule has 1 heterocycles. The van der Waals surface area contributed by atoms with E-state index in [0.717, 1.165) is 21.4 Å². The SMILES string of the molecule is CNC(CSc1ccc(Cl)cc1)c1nccnc1OC. The van der Waals surface area contributed by atoms with Gasteiger partial charge in [-0.3, -0.25) is 4.98 Å². The number of aromatic nitrogens is 2. The van der Waals surface area contributed by atoms with E-state index in [1.54, 1.807) is 31.3 Å². The first kappa shape index (κ1) is 15.1. The van der Waals surface area contributed by atoms with Gasteiger partial charge in [0.15, 0.2) is 0 Å². The monoisotopic (exact) mass is 309 g/mol. The molecule has 1 unspecified atom stereocenters. The third-order valence-electron chi connectivity index (χ3n) is 2.79. The standard InChI is InChI=1S/C14H16ClN3OS/c1-16-12(13-14(19-2)18-8-7-17-13)9-20-11-5-3-10(15)4-6-11/h3-8,12,16H,9H2,1-2H3. The Balaban J connectivity index is 2.07. The lowest BCUT2D eigenvalue weighted by atomic mass is 10.2. The summed E-state index contributed by atoms with van der Waals surface area (Å²) in [5, 5.41) is 3.99. The Bertz CT molecular complexity index is 550.